The topological polar surface area (TPSA) is 47.8 Å². The summed E-state index contributed by atoms with van der Waals surface area (Å²) in [5, 5.41) is -0.565. The van der Waals surface area contributed by atoms with E-state index in [1.54, 1.807) is 37.3 Å². The lowest BCUT2D eigenvalue weighted by molar-refractivity contribution is -0.136. The van der Waals surface area contributed by atoms with Gasteiger partial charge in [-0.2, -0.15) is 13.2 Å². The highest BCUT2D eigenvalue weighted by Crippen LogP contribution is 2.35. The van der Waals surface area contributed by atoms with Crippen LogP contribution < -0.4 is 5.56 Å². The Hall–Kier alpha value is -3.14. The Balaban J connectivity index is 2.44. The molecule has 7 heteroatoms. The minimum Gasteiger partial charge on any atom is -0.284 e. The maximum absolute atomic E-state index is 13.6. The summed E-state index contributed by atoms with van der Waals surface area (Å²) >= 11 is 0. The lowest BCUT2D eigenvalue weighted by atomic mass is 10.1. The lowest BCUT2D eigenvalue weighted by Gasteiger charge is -2.15. The summed E-state index contributed by atoms with van der Waals surface area (Å²) in [6.07, 6.45) is 0.856. The van der Waals surface area contributed by atoms with Gasteiger partial charge in [0, 0.05) is 12.0 Å². The Kier molecular flexibility index (Phi) is 4.51. The molecule has 0 aliphatic carbocycles. The van der Waals surface area contributed by atoms with Crippen molar-refractivity contribution < 1.29 is 13.2 Å². The van der Waals surface area contributed by atoms with Gasteiger partial charge < -0.3 is 0 Å². The van der Waals surface area contributed by atoms with Gasteiger partial charge in [-0.25, -0.2) is 9.97 Å². The number of aryl methyl sites for hydroxylation is 1. The molecular formula is C19H14F3N3O. The molecule has 132 valence electrons. The van der Waals surface area contributed by atoms with E-state index in [0.717, 1.165) is 10.6 Å². The maximum atomic E-state index is 13.6. The molecule has 2 aromatic heterocycles. The highest BCUT2D eigenvalue weighted by atomic mass is 19.4. The molecule has 26 heavy (non-hydrogen) atoms. The number of terminal acetylenes is 1. The summed E-state index contributed by atoms with van der Waals surface area (Å²) in [6, 6.07) is 9.32. The summed E-state index contributed by atoms with van der Waals surface area (Å²) in [5.41, 5.74) is -1.51. The van der Waals surface area contributed by atoms with E-state index in [-0.39, 0.29) is 17.9 Å². The number of aromatic nitrogens is 3. The number of alkyl halides is 3. The Morgan fingerprint density at radius 2 is 1.88 bits per heavy atom. The molecule has 0 saturated carbocycles. The van der Waals surface area contributed by atoms with Crippen molar-refractivity contribution in [3.8, 4) is 23.6 Å². The van der Waals surface area contributed by atoms with Gasteiger partial charge in [0.2, 0.25) is 0 Å². The number of halogens is 3. The van der Waals surface area contributed by atoms with Crippen LogP contribution in [0, 0.1) is 12.3 Å². The second kappa shape index (κ2) is 6.64. The molecule has 4 nitrogen and oxygen atoms in total. The quantitative estimate of drug-likeness (QED) is 0.672. The summed E-state index contributed by atoms with van der Waals surface area (Å²) < 4.78 is 42.0. The first-order valence-electron chi connectivity index (χ1n) is 7.87. The van der Waals surface area contributed by atoms with Crippen molar-refractivity contribution in [1.29, 1.82) is 0 Å². The van der Waals surface area contributed by atoms with Gasteiger partial charge >= 0.3 is 6.18 Å². The number of pyridine rings is 1. The standard InChI is InChI=1S/C19H14F3N3O/c1-3-10-25-15(4-2)24-17-16(18(25)26)13(19(20,21)22)11-14(23-17)12-8-6-5-7-9-12/h1,5-9,11H,4,10H2,2H3. The van der Waals surface area contributed by atoms with Crippen molar-refractivity contribution in [2.45, 2.75) is 26.1 Å². The Morgan fingerprint density at radius 1 is 1.19 bits per heavy atom. The summed E-state index contributed by atoms with van der Waals surface area (Å²) in [6.45, 7) is 1.59. The van der Waals surface area contributed by atoms with Crippen LogP contribution in [0.4, 0.5) is 13.2 Å². The third-order valence-electron chi connectivity index (χ3n) is 3.95. The van der Waals surface area contributed by atoms with E-state index in [0.29, 0.717) is 17.8 Å². The Bertz CT molecular complexity index is 1060. The molecule has 0 saturated heterocycles. The van der Waals surface area contributed by atoms with Gasteiger partial charge in [-0.3, -0.25) is 9.36 Å². The highest BCUT2D eigenvalue weighted by Gasteiger charge is 2.35. The molecule has 0 N–H and O–H groups in total. The van der Waals surface area contributed by atoms with Crippen LogP contribution in [0.1, 0.15) is 18.3 Å². The second-order valence-corrected chi connectivity index (χ2v) is 5.59. The summed E-state index contributed by atoms with van der Waals surface area (Å²) in [4.78, 5) is 21.1. The van der Waals surface area contributed by atoms with Crippen LogP contribution in [0.2, 0.25) is 0 Å². The third-order valence-corrected chi connectivity index (χ3v) is 3.95. The number of benzene rings is 1. The third kappa shape index (κ3) is 3.06. The van der Waals surface area contributed by atoms with E-state index < -0.39 is 22.7 Å². The predicted octanol–water partition coefficient (Wildman–Crippen LogP) is 3.67. The van der Waals surface area contributed by atoms with Crippen molar-refractivity contribution in [2.24, 2.45) is 0 Å². The highest BCUT2D eigenvalue weighted by molar-refractivity contribution is 5.82. The Morgan fingerprint density at radius 3 is 2.46 bits per heavy atom. The van der Waals surface area contributed by atoms with Crippen LogP contribution in [0.3, 0.4) is 0 Å². The minimum absolute atomic E-state index is 0.106. The van der Waals surface area contributed by atoms with E-state index in [1.165, 1.54) is 0 Å². The fourth-order valence-electron chi connectivity index (χ4n) is 2.76. The first-order chi connectivity index (χ1) is 12.4. The van der Waals surface area contributed by atoms with E-state index in [4.69, 9.17) is 6.42 Å². The average molecular weight is 357 g/mol. The monoisotopic (exact) mass is 357 g/mol. The first kappa shape index (κ1) is 17.7. The summed E-state index contributed by atoms with van der Waals surface area (Å²) in [5.74, 6) is 2.58. The van der Waals surface area contributed by atoms with Crippen LogP contribution in [0.15, 0.2) is 41.2 Å². The molecule has 0 amide bonds. The molecule has 0 radical (unpaired) electrons. The number of rotatable bonds is 3. The van der Waals surface area contributed by atoms with Gasteiger partial charge in [0.15, 0.2) is 5.65 Å². The Labute approximate surface area is 147 Å². The van der Waals surface area contributed by atoms with Crippen molar-refractivity contribution in [3.05, 3.63) is 58.1 Å². The van der Waals surface area contributed by atoms with Crippen LogP contribution in [-0.4, -0.2) is 14.5 Å². The summed E-state index contributed by atoms with van der Waals surface area (Å²) in [7, 11) is 0. The molecule has 3 aromatic rings. The molecule has 0 spiro atoms. The minimum atomic E-state index is -4.73. The number of hydrogen-bond acceptors (Lipinski definition) is 3. The zero-order chi connectivity index (χ0) is 18.9. The van der Waals surface area contributed by atoms with Crippen LogP contribution in [0.5, 0.6) is 0 Å². The maximum Gasteiger partial charge on any atom is 0.417 e. The van der Waals surface area contributed by atoms with Gasteiger partial charge in [0.05, 0.1) is 23.2 Å². The molecule has 0 unspecified atom stereocenters. The van der Waals surface area contributed by atoms with E-state index in [2.05, 4.69) is 15.9 Å². The molecule has 1 aromatic carbocycles. The van der Waals surface area contributed by atoms with Crippen molar-refractivity contribution in [2.75, 3.05) is 0 Å². The van der Waals surface area contributed by atoms with Crippen molar-refractivity contribution in [3.63, 3.8) is 0 Å². The van der Waals surface area contributed by atoms with Crippen LogP contribution >= 0.6 is 0 Å². The SMILES string of the molecule is C#CCn1c(CC)nc2nc(-c3ccccc3)cc(C(F)(F)F)c2c1=O. The largest absolute Gasteiger partial charge is 0.417 e. The second-order valence-electron chi connectivity index (χ2n) is 5.59. The molecular weight excluding hydrogens is 343 g/mol. The first-order valence-corrected chi connectivity index (χ1v) is 7.87. The average Bonchev–Trinajstić information content (AvgIpc) is 2.63. The number of hydrogen-bond donors (Lipinski definition) is 0. The lowest BCUT2D eigenvalue weighted by Crippen LogP contribution is -2.27. The van der Waals surface area contributed by atoms with Crippen LogP contribution in [-0.2, 0) is 19.1 Å². The van der Waals surface area contributed by atoms with Gasteiger partial charge in [-0.05, 0) is 6.07 Å². The smallest absolute Gasteiger partial charge is 0.284 e. The van der Waals surface area contributed by atoms with Crippen molar-refractivity contribution >= 4 is 11.0 Å². The van der Waals surface area contributed by atoms with E-state index in [1.807, 2.05) is 0 Å². The van der Waals surface area contributed by atoms with E-state index in [9.17, 15) is 18.0 Å². The van der Waals surface area contributed by atoms with Gasteiger partial charge in [-0.1, -0.05) is 43.2 Å². The number of nitrogens with zero attached hydrogens (tertiary/aromatic N) is 3. The zero-order valence-corrected chi connectivity index (χ0v) is 13.8. The fourth-order valence-corrected chi connectivity index (χ4v) is 2.76. The molecule has 0 atom stereocenters. The molecule has 0 bridgehead atoms. The molecule has 3 rings (SSSR count). The number of fused-ring (bicyclic) bond motifs is 1. The van der Waals surface area contributed by atoms with Crippen LogP contribution in [0.25, 0.3) is 22.3 Å². The predicted molar refractivity (Wildman–Crippen MR) is 92.4 cm³/mol. The molecule has 0 aliphatic heterocycles. The van der Waals surface area contributed by atoms with Crippen molar-refractivity contribution in [1.82, 2.24) is 14.5 Å². The zero-order valence-electron chi connectivity index (χ0n) is 13.8. The van der Waals surface area contributed by atoms with E-state index >= 15 is 0 Å². The molecule has 0 fully saturated rings. The van der Waals surface area contributed by atoms with Gasteiger partial charge in [0.25, 0.3) is 5.56 Å². The van der Waals surface area contributed by atoms with Gasteiger partial charge in [-0.15, -0.1) is 6.42 Å². The molecule has 2 heterocycles. The van der Waals surface area contributed by atoms with Gasteiger partial charge in [0.1, 0.15) is 5.82 Å². The normalized spacial score (nSPS) is 11.5. The molecule has 0 aliphatic rings. The fraction of sp³-hybridized carbons (Fsp3) is 0.211.